The van der Waals surface area contributed by atoms with Gasteiger partial charge in [0.1, 0.15) is 6.29 Å². The largest absolute Gasteiger partial charge is 0.392 e. The summed E-state index contributed by atoms with van der Waals surface area (Å²) in [6, 6.07) is 0. The predicted molar refractivity (Wildman–Crippen MR) is 132 cm³/mol. The molecule has 2 nitrogen and oxygen atoms in total. The molecule has 170 valence electrons. The van der Waals surface area contributed by atoms with Crippen LogP contribution >= 0.6 is 0 Å². The molecule has 0 aliphatic carbocycles. The topological polar surface area (TPSA) is 18.5 Å². The van der Waals surface area contributed by atoms with Crippen LogP contribution in [-0.2, 0) is 8.85 Å². The van der Waals surface area contributed by atoms with Crippen molar-refractivity contribution in [2.45, 2.75) is 155 Å². The highest BCUT2D eigenvalue weighted by molar-refractivity contribution is 6.78. The lowest BCUT2D eigenvalue weighted by molar-refractivity contribution is -0.0298. The van der Waals surface area contributed by atoms with Gasteiger partial charge in [0, 0.05) is 0 Å². The van der Waals surface area contributed by atoms with E-state index in [1.54, 1.807) is 0 Å². The molecule has 0 aromatic carbocycles. The number of unbranched alkanes of at least 4 members (excludes halogenated alkanes) is 2. The highest BCUT2D eigenvalue weighted by atomic mass is 28.4. The van der Waals surface area contributed by atoms with Crippen LogP contribution in [0.5, 0.6) is 0 Å². The van der Waals surface area contributed by atoms with Crippen molar-refractivity contribution in [1.82, 2.24) is 0 Å². The lowest BCUT2D eigenvalue weighted by Crippen LogP contribution is -2.55. The summed E-state index contributed by atoms with van der Waals surface area (Å²) in [7, 11) is -3.92. The van der Waals surface area contributed by atoms with Crippen molar-refractivity contribution in [3.63, 3.8) is 0 Å². The van der Waals surface area contributed by atoms with Crippen LogP contribution in [0.2, 0.25) is 33.2 Å². The van der Waals surface area contributed by atoms with E-state index in [1.165, 1.54) is 19.3 Å². The molecule has 0 rings (SSSR count). The first kappa shape index (κ1) is 28.4. The van der Waals surface area contributed by atoms with E-state index < -0.39 is 16.6 Å². The normalized spacial score (nSPS) is 14.1. The van der Waals surface area contributed by atoms with Gasteiger partial charge in [-0.25, -0.2) is 0 Å². The molecule has 0 aromatic heterocycles. The van der Waals surface area contributed by atoms with Crippen molar-refractivity contribution in [3.8, 4) is 0 Å². The van der Waals surface area contributed by atoms with Crippen LogP contribution in [0.1, 0.15) is 116 Å². The third kappa shape index (κ3) is 6.42. The summed E-state index contributed by atoms with van der Waals surface area (Å²) in [5.74, 6) is 0. The van der Waals surface area contributed by atoms with Gasteiger partial charge in [0.15, 0.2) is 0 Å². The van der Waals surface area contributed by atoms with Crippen LogP contribution < -0.4 is 0 Å². The third-order valence-corrected chi connectivity index (χ3v) is 19.3. The monoisotopic (exact) mass is 430 g/mol. The van der Waals surface area contributed by atoms with E-state index in [0.29, 0.717) is 33.2 Å². The molecule has 0 fully saturated rings. The van der Waals surface area contributed by atoms with Crippen LogP contribution in [-0.4, -0.2) is 22.9 Å². The van der Waals surface area contributed by atoms with Gasteiger partial charge in [0.25, 0.3) is 0 Å². The standard InChI is InChI=1S/C24H54O2Si2/c1-14-15-16-17-24(25-27(18(2)3,19(4)5)20(6)7)26-28(21(8)9,22(10)11)23(12)13/h18-24H,14-17H2,1-13H3. The van der Waals surface area contributed by atoms with Gasteiger partial charge in [-0.15, -0.1) is 0 Å². The summed E-state index contributed by atoms with van der Waals surface area (Å²) in [6.45, 7) is 30.9. The average Bonchev–Trinajstić information content (AvgIpc) is 2.54. The predicted octanol–water partition coefficient (Wildman–Crippen LogP) is 9.28. The van der Waals surface area contributed by atoms with Gasteiger partial charge in [0.2, 0.25) is 16.6 Å². The van der Waals surface area contributed by atoms with Crippen molar-refractivity contribution in [2.75, 3.05) is 0 Å². The molecule has 0 bridgehead atoms. The van der Waals surface area contributed by atoms with E-state index in [0.717, 1.165) is 6.42 Å². The second kappa shape index (κ2) is 12.3. The summed E-state index contributed by atoms with van der Waals surface area (Å²) < 4.78 is 14.5. The van der Waals surface area contributed by atoms with Gasteiger partial charge in [-0.2, -0.15) is 0 Å². The van der Waals surface area contributed by atoms with E-state index in [-0.39, 0.29) is 6.29 Å². The number of hydrogen-bond donors (Lipinski definition) is 0. The van der Waals surface area contributed by atoms with Crippen LogP contribution in [0.15, 0.2) is 0 Å². The lowest BCUT2D eigenvalue weighted by Gasteiger charge is -2.49. The van der Waals surface area contributed by atoms with E-state index in [9.17, 15) is 0 Å². The van der Waals surface area contributed by atoms with Gasteiger partial charge in [-0.3, -0.25) is 0 Å². The molecule has 0 amide bonds. The first-order valence-corrected chi connectivity index (χ1v) is 16.4. The molecule has 0 aliphatic rings. The van der Waals surface area contributed by atoms with Crippen LogP contribution in [0.3, 0.4) is 0 Å². The molecule has 0 aliphatic heterocycles. The van der Waals surface area contributed by atoms with Crippen molar-refractivity contribution in [1.29, 1.82) is 0 Å². The minimum Gasteiger partial charge on any atom is -0.392 e. The van der Waals surface area contributed by atoms with E-state index >= 15 is 0 Å². The van der Waals surface area contributed by atoms with Crippen LogP contribution in [0.25, 0.3) is 0 Å². The average molecular weight is 431 g/mol. The Hall–Kier alpha value is 0.354. The van der Waals surface area contributed by atoms with Gasteiger partial charge in [0.05, 0.1) is 0 Å². The molecule has 0 atom stereocenters. The maximum atomic E-state index is 7.23. The first-order valence-electron chi connectivity index (χ1n) is 12.2. The van der Waals surface area contributed by atoms with E-state index in [4.69, 9.17) is 8.85 Å². The highest BCUT2D eigenvalue weighted by Crippen LogP contribution is 2.47. The fourth-order valence-electron chi connectivity index (χ4n) is 5.97. The molecule has 0 spiro atoms. The van der Waals surface area contributed by atoms with Gasteiger partial charge < -0.3 is 8.85 Å². The molecule has 0 saturated heterocycles. The maximum Gasteiger partial charge on any atom is 0.203 e. The minimum atomic E-state index is -1.96. The van der Waals surface area contributed by atoms with Crippen LogP contribution in [0, 0.1) is 0 Å². The lowest BCUT2D eigenvalue weighted by atomic mass is 10.2. The SMILES string of the molecule is CCCCCC(O[Si](C(C)C)(C(C)C)C(C)C)O[Si](C(C)C)(C(C)C)C(C)C. The van der Waals surface area contributed by atoms with E-state index in [1.807, 2.05) is 0 Å². The summed E-state index contributed by atoms with van der Waals surface area (Å²) >= 11 is 0. The van der Waals surface area contributed by atoms with Gasteiger partial charge in [-0.05, 0) is 46.1 Å². The molecule has 4 heteroatoms. The second-order valence-corrected chi connectivity index (χ2v) is 21.6. The molecule has 0 saturated carbocycles. The summed E-state index contributed by atoms with van der Waals surface area (Å²) in [5.41, 5.74) is 3.57. The second-order valence-electron chi connectivity index (χ2n) is 10.8. The van der Waals surface area contributed by atoms with Gasteiger partial charge in [-0.1, -0.05) is 103 Å². The van der Waals surface area contributed by atoms with Crippen LogP contribution in [0.4, 0.5) is 0 Å². The summed E-state index contributed by atoms with van der Waals surface area (Å²) in [4.78, 5) is 0. The smallest absolute Gasteiger partial charge is 0.203 e. The Morgan fingerprint density at radius 3 is 1.00 bits per heavy atom. The quantitative estimate of drug-likeness (QED) is 0.155. The Morgan fingerprint density at radius 1 is 0.500 bits per heavy atom. The molecule has 0 aromatic rings. The molecule has 0 N–H and O–H groups in total. The fourth-order valence-corrected chi connectivity index (χ4v) is 16.9. The number of hydrogen-bond acceptors (Lipinski definition) is 2. The van der Waals surface area contributed by atoms with Crippen molar-refractivity contribution < 1.29 is 8.85 Å². The minimum absolute atomic E-state index is 0.0238. The Labute approximate surface area is 180 Å². The van der Waals surface area contributed by atoms with Crippen molar-refractivity contribution in [3.05, 3.63) is 0 Å². The highest BCUT2D eigenvalue weighted by Gasteiger charge is 2.51. The first-order chi connectivity index (χ1) is 12.8. The zero-order valence-electron chi connectivity index (χ0n) is 21.7. The summed E-state index contributed by atoms with van der Waals surface area (Å²) in [5, 5.41) is 0. The summed E-state index contributed by atoms with van der Waals surface area (Å²) in [6.07, 6.45) is 4.75. The third-order valence-electron chi connectivity index (χ3n) is 7.13. The van der Waals surface area contributed by atoms with Crippen molar-refractivity contribution >= 4 is 16.6 Å². The molecule has 28 heavy (non-hydrogen) atoms. The van der Waals surface area contributed by atoms with E-state index in [2.05, 4.69) is 90.0 Å². The van der Waals surface area contributed by atoms with Gasteiger partial charge >= 0.3 is 0 Å². The maximum absolute atomic E-state index is 7.23. The molecular formula is C24H54O2Si2. The Morgan fingerprint density at radius 2 is 0.786 bits per heavy atom. The Bertz CT molecular complexity index is 339. The molecule has 0 heterocycles. The van der Waals surface area contributed by atoms with Crippen molar-refractivity contribution in [2.24, 2.45) is 0 Å². The number of rotatable bonds is 14. The molecular weight excluding hydrogens is 376 g/mol. The zero-order valence-corrected chi connectivity index (χ0v) is 23.7. The fraction of sp³-hybridized carbons (Fsp3) is 1.00. The Kier molecular flexibility index (Phi) is 12.4. The Balaban J connectivity index is 6.04. The molecule has 0 unspecified atom stereocenters. The molecule has 0 radical (unpaired) electrons. The zero-order chi connectivity index (χ0) is 22.3.